The number of carbonyl (C=O) groups is 1. The van der Waals surface area contributed by atoms with Crippen LogP contribution in [0.3, 0.4) is 0 Å². The molecule has 0 aliphatic rings. The molecule has 0 saturated carbocycles. The van der Waals surface area contributed by atoms with Crippen molar-refractivity contribution in [3.63, 3.8) is 0 Å². The highest BCUT2D eigenvalue weighted by Crippen LogP contribution is 1.91. The van der Waals surface area contributed by atoms with E-state index in [0.717, 1.165) is 6.42 Å². The third-order valence-corrected chi connectivity index (χ3v) is 1.14. The van der Waals surface area contributed by atoms with E-state index in [9.17, 15) is 4.79 Å². The molecule has 0 saturated heterocycles. The molecule has 0 aliphatic carbocycles. The molecule has 0 fully saturated rings. The van der Waals surface area contributed by atoms with Gasteiger partial charge in [-0.3, -0.25) is 9.63 Å². The number of nitrogens with zero attached hydrogens (tertiary/aromatic N) is 1. The second-order valence-electron chi connectivity index (χ2n) is 2.08. The van der Waals surface area contributed by atoms with Crippen LogP contribution in [0.4, 0.5) is 0 Å². The van der Waals surface area contributed by atoms with Crippen LogP contribution in [-0.4, -0.2) is 24.6 Å². The summed E-state index contributed by atoms with van der Waals surface area (Å²) in [5, 5.41) is 1.30. The molecular weight excluding hydrogens is 130 g/mol. The first-order valence-electron chi connectivity index (χ1n) is 3.61. The predicted octanol–water partition coefficient (Wildman–Crippen LogP) is 1.20. The van der Waals surface area contributed by atoms with Crippen LogP contribution in [0, 0.1) is 0 Å². The summed E-state index contributed by atoms with van der Waals surface area (Å²) < 4.78 is 0. The van der Waals surface area contributed by atoms with E-state index in [2.05, 4.69) is 0 Å². The van der Waals surface area contributed by atoms with Crippen molar-refractivity contribution in [1.29, 1.82) is 0 Å². The molecule has 3 heteroatoms. The Morgan fingerprint density at radius 3 is 2.50 bits per heavy atom. The molecule has 0 spiro atoms. The van der Waals surface area contributed by atoms with Crippen LogP contribution in [0.5, 0.6) is 0 Å². The van der Waals surface area contributed by atoms with E-state index in [4.69, 9.17) is 4.84 Å². The zero-order valence-electron chi connectivity index (χ0n) is 6.89. The molecule has 0 aliphatic heterocycles. The lowest BCUT2D eigenvalue weighted by Gasteiger charge is -2.14. The molecule has 0 N–H and O–H groups in total. The number of amides is 1. The van der Waals surface area contributed by atoms with E-state index in [-0.39, 0.29) is 5.91 Å². The van der Waals surface area contributed by atoms with Crippen LogP contribution in [-0.2, 0) is 9.63 Å². The first kappa shape index (κ1) is 9.43. The maximum Gasteiger partial charge on any atom is 0.245 e. The van der Waals surface area contributed by atoms with Crippen molar-refractivity contribution in [2.45, 2.75) is 26.7 Å². The van der Waals surface area contributed by atoms with Crippen LogP contribution >= 0.6 is 0 Å². The summed E-state index contributed by atoms with van der Waals surface area (Å²) in [6.07, 6.45) is 1.43. The second kappa shape index (κ2) is 5.23. The Balaban J connectivity index is 3.41. The minimum atomic E-state index is 0.0217. The summed E-state index contributed by atoms with van der Waals surface area (Å²) in [5.41, 5.74) is 0. The van der Waals surface area contributed by atoms with Gasteiger partial charge in [-0.05, 0) is 6.42 Å². The molecule has 1 amide bonds. The number of hydrogen-bond donors (Lipinski definition) is 0. The van der Waals surface area contributed by atoms with Crippen molar-refractivity contribution in [2.75, 3.05) is 13.7 Å². The van der Waals surface area contributed by atoms with Crippen LogP contribution in [0.15, 0.2) is 0 Å². The maximum atomic E-state index is 10.8. The standard InChI is InChI=1S/C7H15NO2/c1-4-6-10-8(3)7(9)5-2/h4-6H2,1-3H3. The molecule has 0 aromatic heterocycles. The van der Waals surface area contributed by atoms with Gasteiger partial charge in [0, 0.05) is 13.5 Å². The van der Waals surface area contributed by atoms with Gasteiger partial charge in [-0.2, -0.15) is 0 Å². The van der Waals surface area contributed by atoms with Gasteiger partial charge < -0.3 is 0 Å². The third kappa shape index (κ3) is 3.45. The van der Waals surface area contributed by atoms with E-state index in [1.54, 1.807) is 7.05 Å². The quantitative estimate of drug-likeness (QED) is 0.556. The van der Waals surface area contributed by atoms with Crippen LogP contribution in [0.1, 0.15) is 26.7 Å². The number of rotatable bonds is 4. The van der Waals surface area contributed by atoms with Crippen molar-refractivity contribution >= 4 is 5.91 Å². The van der Waals surface area contributed by atoms with Crippen LogP contribution in [0.25, 0.3) is 0 Å². The lowest BCUT2D eigenvalue weighted by atomic mass is 10.5. The van der Waals surface area contributed by atoms with Gasteiger partial charge in [0.2, 0.25) is 5.91 Å². The van der Waals surface area contributed by atoms with E-state index in [1.165, 1.54) is 5.06 Å². The van der Waals surface area contributed by atoms with Gasteiger partial charge in [0.15, 0.2) is 0 Å². The van der Waals surface area contributed by atoms with Crippen molar-refractivity contribution in [3.05, 3.63) is 0 Å². The van der Waals surface area contributed by atoms with Gasteiger partial charge in [-0.1, -0.05) is 13.8 Å². The molecule has 0 bridgehead atoms. The second-order valence-corrected chi connectivity index (χ2v) is 2.08. The average molecular weight is 145 g/mol. The average Bonchev–Trinajstić information content (AvgIpc) is 1.98. The van der Waals surface area contributed by atoms with E-state index < -0.39 is 0 Å². The molecule has 0 aromatic rings. The molecule has 60 valence electrons. The summed E-state index contributed by atoms with van der Waals surface area (Å²) in [6.45, 7) is 4.43. The predicted molar refractivity (Wildman–Crippen MR) is 39.3 cm³/mol. The van der Waals surface area contributed by atoms with Gasteiger partial charge in [0.1, 0.15) is 0 Å². The topological polar surface area (TPSA) is 29.5 Å². The number of carbonyl (C=O) groups excluding carboxylic acids is 1. The Morgan fingerprint density at radius 2 is 2.10 bits per heavy atom. The summed E-state index contributed by atoms with van der Waals surface area (Å²) in [6, 6.07) is 0. The fraction of sp³-hybridized carbons (Fsp3) is 0.857. The van der Waals surface area contributed by atoms with Crippen molar-refractivity contribution < 1.29 is 9.63 Å². The fourth-order valence-electron chi connectivity index (χ4n) is 0.523. The highest BCUT2D eigenvalue weighted by molar-refractivity contribution is 5.74. The van der Waals surface area contributed by atoms with Crippen LogP contribution < -0.4 is 0 Å². The Morgan fingerprint density at radius 1 is 1.50 bits per heavy atom. The van der Waals surface area contributed by atoms with E-state index >= 15 is 0 Å². The number of hydrogen-bond acceptors (Lipinski definition) is 2. The van der Waals surface area contributed by atoms with Crippen molar-refractivity contribution in [2.24, 2.45) is 0 Å². The smallest absolute Gasteiger partial charge is 0.245 e. The highest BCUT2D eigenvalue weighted by atomic mass is 16.7. The molecule has 0 unspecified atom stereocenters. The zero-order chi connectivity index (χ0) is 7.98. The van der Waals surface area contributed by atoms with Gasteiger partial charge in [-0.15, -0.1) is 0 Å². The summed E-state index contributed by atoms with van der Waals surface area (Å²) in [5.74, 6) is 0.0217. The molecule has 0 atom stereocenters. The fourth-order valence-corrected chi connectivity index (χ4v) is 0.523. The largest absolute Gasteiger partial charge is 0.273 e. The first-order valence-corrected chi connectivity index (χ1v) is 3.61. The molecule has 0 radical (unpaired) electrons. The minimum absolute atomic E-state index is 0.0217. The Kier molecular flexibility index (Phi) is 4.94. The summed E-state index contributed by atoms with van der Waals surface area (Å²) >= 11 is 0. The van der Waals surface area contributed by atoms with E-state index in [0.29, 0.717) is 13.0 Å². The third-order valence-electron chi connectivity index (χ3n) is 1.14. The highest BCUT2D eigenvalue weighted by Gasteiger charge is 2.03. The molecule has 3 nitrogen and oxygen atoms in total. The SMILES string of the molecule is CCCON(C)C(=O)CC. The van der Waals surface area contributed by atoms with Crippen molar-refractivity contribution in [3.8, 4) is 0 Å². The summed E-state index contributed by atoms with van der Waals surface area (Å²) in [4.78, 5) is 15.8. The Labute approximate surface area is 61.9 Å². The number of hydroxylamine groups is 2. The maximum absolute atomic E-state index is 10.8. The monoisotopic (exact) mass is 145 g/mol. The lowest BCUT2D eigenvalue weighted by molar-refractivity contribution is -0.177. The molecule has 0 rings (SSSR count). The van der Waals surface area contributed by atoms with Gasteiger partial charge in [-0.25, -0.2) is 5.06 Å². The normalized spacial score (nSPS) is 9.50. The van der Waals surface area contributed by atoms with Gasteiger partial charge in [0.05, 0.1) is 6.61 Å². The molecule has 0 aromatic carbocycles. The van der Waals surface area contributed by atoms with Gasteiger partial charge >= 0.3 is 0 Å². The summed E-state index contributed by atoms with van der Waals surface area (Å²) in [7, 11) is 1.64. The van der Waals surface area contributed by atoms with Crippen molar-refractivity contribution in [1.82, 2.24) is 5.06 Å². The minimum Gasteiger partial charge on any atom is -0.273 e. The van der Waals surface area contributed by atoms with E-state index in [1.807, 2.05) is 13.8 Å². The lowest BCUT2D eigenvalue weighted by Crippen LogP contribution is -2.26. The zero-order valence-corrected chi connectivity index (χ0v) is 6.89. The Hall–Kier alpha value is -0.570. The molecule has 0 heterocycles. The molecule has 10 heavy (non-hydrogen) atoms. The molecular formula is C7H15NO2. The van der Waals surface area contributed by atoms with Gasteiger partial charge in [0.25, 0.3) is 0 Å². The van der Waals surface area contributed by atoms with Crippen LogP contribution in [0.2, 0.25) is 0 Å². The Bertz CT molecular complexity index is 104. The first-order chi connectivity index (χ1) is 4.72.